The molecule has 118 valence electrons. The molecule has 0 radical (unpaired) electrons. The second-order valence-corrected chi connectivity index (χ2v) is 6.90. The number of carbonyl (C=O) groups excluding carboxylic acids is 1. The molecule has 4 nitrogen and oxygen atoms in total. The molecule has 22 heavy (non-hydrogen) atoms. The zero-order valence-electron chi connectivity index (χ0n) is 13.9. The lowest BCUT2D eigenvalue weighted by molar-refractivity contribution is -0.120. The van der Waals surface area contributed by atoms with Crippen molar-refractivity contribution in [3.05, 3.63) is 23.8 Å². The van der Waals surface area contributed by atoms with Gasteiger partial charge in [0.05, 0.1) is 11.0 Å². The molecule has 1 N–H and O–H groups in total. The summed E-state index contributed by atoms with van der Waals surface area (Å²) < 4.78 is 2.23. The molecule has 1 aliphatic carbocycles. The molecule has 1 aromatic carbocycles. The Kier molecular flexibility index (Phi) is 3.94. The Balaban J connectivity index is 1.99. The first-order valence-electron chi connectivity index (χ1n) is 8.27. The van der Waals surface area contributed by atoms with Crippen molar-refractivity contribution in [1.82, 2.24) is 9.55 Å². The van der Waals surface area contributed by atoms with Crippen LogP contribution in [0.1, 0.15) is 51.6 Å². The van der Waals surface area contributed by atoms with Crippen LogP contribution in [0.5, 0.6) is 0 Å². The number of benzene rings is 1. The smallest absolute Gasteiger partial charge is 0.229 e. The molecule has 1 amide bonds. The highest BCUT2D eigenvalue weighted by Gasteiger charge is 2.26. The van der Waals surface area contributed by atoms with Crippen molar-refractivity contribution in [2.75, 3.05) is 5.32 Å². The number of imidazole rings is 1. The maximum atomic E-state index is 12.4. The van der Waals surface area contributed by atoms with E-state index in [1.807, 2.05) is 13.0 Å². The van der Waals surface area contributed by atoms with Crippen molar-refractivity contribution in [1.29, 1.82) is 0 Å². The lowest BCUT2D eigenvalue weighted by atomic mass is 9.92. The number of fused-ring (bicyclic) bond motifs is 1. The van der Waals surface area contributed by atoms with Crippen LogP contribution < -0.4 is 5.32 Å². The third-order valence-electron chi connectivity index (χ3n) is 4.93. The number of hydrogen-bond acceptors (Lipinski definition) is 2. The molecule has 0 saturated heterocycles. The van der Waals surface area contributed by atoms with E-state index in [9.17, 15) is 4.79 Å². The predicted molar refractivity (Wildman–Crippen MR) is 90.0 cm³/mol. The van der Waals surface area contributed by atoms with Gasteiger partial charge in [-0.25, -0.2) is 4.98 Å². The number of rotatable bonds is 4. The average Bonchev–Trinajstić information content (AvgIpc) is 2.74. The summed E-state index contributed by atoms with van der Waals surface area (Å²) in [6.45, 7) is 8.21. The van der Waals surface area contributed by atoms with E-state index in [2.05, 4.69) is 47.8 Å². The predicted octanol–water partition coefficient (Wildman–Crippen LogP) is 4.30. The number of aryl methyl sites for hydroxylation is 1. The molecular weight excluding hydrogens is 274 g/mol. The van der Waals surface area contributed by atoms with Gasteiger partial charge in [-0.05, 0) is 49.8 Å². The first kappa shape index (κ1) is 15.1. The van der Waals surface area contributed by atoms with Gasteiger partial charge in [0.1, 0.15) is 0 Å². The number of carbonyl (C=O) groups is 1. The third kappa shape index (κ3) is 2.62. The molecule has 1 atom stereocenters. The van der Waals surface area contributed by atoms with E-state index in [1.54, 1.807) is 0 Å². The Hall–Kier alpha value is -1.84. The average molecular weight is 299 g/mol. The SMILES string of the molecule is Cc1ccc2nc(NC(=O)C(C)C(C)C)n(C3CCC3)c2c1. The van der Waals surface area contributed by atoms with Crippen LogP contribution in [0, 0.1) is 18.8 Å². The summed E-state index contributed by atoms with van der Waals surface area (Å²) in [5.41, 5.74) is 3.32. The summed E-state index contributed by atoms with van der Waals surface area (Å²) in [7, 11) is 0. The molecule has 1 unspecified atom stereocenters. The maximum absolute atomic E-state index is 12.4. The molecule has 0 spiro atoms. The van der Waals surface area contributed by atoms with Gasteiger partial charge in [0.2, 0.25) is 11.9 Å². The highest BCUT2D eigenvalue weighted by atomic mass is 16.2. The number of anilines is 1. The molecule has 0 bridgehead atoms. The van der Waals surface area contributed by atoms with Gasteiger partial charge in [-0.1, -0.05) is 26.8 Å². The zero-order chi connectivity index (χ0) is 15.9. The first-order chi connectivity index (χ1) is 10.5. The van der Waals surface area contributed by atoms with Crippen LogP contribution >= 0.6 is 0 Å². The van der Waals surface area contributed by atoms with Crippen LogP contribution in [-0.2, 0) is 4.79 Å². The van der Waals surface area contributed by atoms with Crippen LogP contribution in [0.3, 0.4) is 0 Å². The minimum Gasteiger partial charge on any atom is -0.307 e. The molecule has 0 aliphatic heterocycles. The van der Waals surface area contributed by atoms with E-state index in [0.29, 0.717) is 17.9 Å². The summed E-state index contributed by atoms with van der Waals surface area (Å²) in [5, 5.41) is 3.06. The van der Waals surface area contributed by atoms with E-state index in [0.717, 1.165) is 11.0 Å². The molecule has 4 heteroatoms. The fraction of sp³-hybridized carbons (Fsp3) is 0.556. The fourth-order valence-corrected chi connectivity index (χ4v) is 2.83. The Morgan fingerprint density at radius 2 is 2.05 bits per heavy atom. The Bertz CT molecular complexity index is 698. The lowest BCUT2D eigenvalue weighted by Gasteiger charge is -2.29. The van der Waals surface area contributed by atoms with Gasteiger partial charge < -0.3 is 4.57 Å². The Morgan fingerprint density at radius 1 is 1.32 bits per heavy atom. The van der Waals surface area contributed by atoms with Gasteiger partial charge in [0.25, 0.3) is 0 Å². The first-order valence-corrected chi connectivity index (χ1v) is 8.27. The zero-order valence-corrected chi connectivity index (χ0v) is 13.9. The monoisotopic (exact) mass is 299 g/mol. The standard InChI is InChI=1S/C18H25N3O/c1-11(2)13(4)17(22)20-18-19-15-9-8-12(3)10-16(15)21(18)14-6-5-7-14/h8-11,13-14H,5-7H2,1-4H3,(H,19,20,22). The number of nitrogens with zero attached hydrogens (tertiary/aromatic N) is 2. The summed E-state index contributed by atoms with van der Waals surface area (Å²) >= 11 is 0. The normalized spacial score (nSPS) is 16.8. The molecule has 1 saturated carbocycles. The van der Waals surface area contributed by atoms with Crippen molar-refractivity contribution in [3.63, 3.8) is 0 Å². The van der Waals surface area contributed by atoms with Crippen LogP contribution in [0.4, 0.5) is 5.95 Å². The molecule has 1 fully saturated rings. The molecule has 1 aliphatic rings. The summed E-state index contributed by atoms with van der Waals surface area (Å²) in [6.07, 6.45) is 3.59. The number of nitrogens with one attached hydrogen (secondary N) is 1. The summed E-state index contributed by atoms with van der Waals surface area (Å²) in [6, 6.07) is 6.75. The highest BCUT2D eigenvalue weighted by Crippen LogP contribution is 2.37. The van der Waals surface area contributed by atoms with Crippen molar-refractivity contribution < 1.29 is 4.79 Å². The second-order valence-electron chi connectivity index (χ2n) is 6.90. The van der Waals surface area contributed by atoms with E-state index in [1.165, 1.54) is 24.8 Å². The Labute approximate surface area is 131 Å². The molecular formula is C18H25N3O. The van der Waals surface area contributed by atoms with E-state index in [4.69, 9.17) is 0 Å². The fourth-order valence-electron chi connectivity index (χ4n) is 2.83. The van der Waals surface area contributed by atoms with Crippen molar-refractivity contribution >= 4 is 22.9 Å². The minimum absolute atomic E-state index is 0.0172. The Morgan fingerprint density at radius 3 is 2.64 bits per heavy atom. The third-order valence-corrected chi connectivity index (χ3v) is 4.93. The van der Waals surface area contributed by atoms with E-state index >= 15 is 0 Å². The summed E-state index contributed by atoms with van der Waals surface area (Å²) in [5.74, 6) is 1.07. The molecule has 1 aromatic heterocycles. The highest BCUT2D eigenvalue weighted by molar-refractivity contribution is 5.93. The number of hydrogen-bond donors (Lipinski definition) is 1. The van der Waals surface area contributed by atoms with Gasteiger partial charge >= 0.3 is 0 Å². The lowest BCUT2D eigenvalue weighted by Crippen LogP contribution is -2.27. The molecule has 1 heterocycles. The van der Waals surface area contributed by atoms with Crippen molar-refractivity contribution in [2.45, 2.75) is 53.0 Å². The van der Waals surface area contributed by atoms with E-state index in [-0.39, 0.29) is 11.8 Å². The van der Waals surface area contributed by atoms with Crippen LogP contribution in [-0.4, -0.2) is 15.5 Å². The van der Waals surface area contributed by atoms with Gasteiger partial charge in [0, 0.05) is 12.0 Å². The largest absolute Gasteiger partial charge is 0.307 e. The van der Waals surface area contributed by atoms with Gasteiger partial charge in [-0.2, -0.15) is 0 Å². The number of amides is 1. The number of aromatic nitrogens is 2. The topological polar surface area (TPSA) is 46.9 Å². The van der Waals surface area contributed by atoms with Crippen LogP contribution in [0.2, 0.25) is 0 Å². The second kappa shape index (κ2) is 5.75. The van der Waals surface area contributed by atoms with E-state index < -0.39 is 0 Å². The van der Waals surface area contributed by atoms with Crippen molar-refractivity contribution in [2.24, 2.45) is 11.8 Å². The molecule has 2 aromatic rings. The molecule has 3 rings (SSSR count). The van der Waals surface area contributed by atoms with Gasteiger partial charge in [-0.15, -0.1) is 0 Å². The quantitative estimate of drug-likeness (QED) is 0.915. The van der Waals surface area contributed by atoms with Crippen molar-refractivity contribution in [3.8, 4) is 0 Å². The van der Waals surface area contributed by atoms with Gasteiger partial charge in [-0.3, -0.25) is 10.1 Å². The van der Waals surface area contributed by atoms with Crippen LogP contribution in [0.15, 0.2) is 18.2 Å². The van der Waals surface area contributed by atoms with Gasteiger partial charge in [0.15, 0.2) is 0 Å². The maximum Gasteiger partial charge on any atom is 0.229 e. The van der Waals surface area contributed by atoms with Crippen LogP contribution in [0.25, 0.3) is 11.0 Å². The minimum atomic E-state index is -0.0172. The summed E-state index contributed by atoms with van der Waals surface area (Å²) in [4.78, 5) is 17.1.